The molecule has 0 aliphatic carbocycles. The van der Waals surface area contributed by atoms with E-state index < -0.39 is 9.84 Å². The molecule has 0 radical (unpaired) electrons. The first-order valence-electron chi connectivity index (χ1n) is 6.76. The molecule has 2 heterocycles. The number of carbonyl (C=O) groups is 1. The van der Waals surface area contributed by atoms with E-state index in [-0.39, 0.29) is 23.5 Å². The van der Waals surface area contributed by atoms with Crippen LogP contribution in [-0.4, -0.2) is 45.0 Å². The number of nitrogens with one attached hydrogen (secondary N) is 2. The number of hydrogen-bond donors (Lipinski definition) is 2. The molecule has 0 bridgehead atoms. The van der Waals surface area contributed by atoms with Crippen molar-refractivity contribution in [1.29, 1.82) is 0 Å². The van der Waals surface area contributed by atoms with Crippen LogP contribution in [0, 0.1) is 5.92 Å². The molecule has 2 atom stereocenters. The van der Waals surface area contributed by atoms with E-state index in [4.69, 9.17) is 0 Å². The fourth-order valence-corrected chi connectivity index (χ4v) is 4.42. The van der Waals surface area contributed by atoms with Gasteiger partial charge in [0, 0.05) is 12.5 Å². The lowest BCUT2D eigenvalue weighted by molar-refractivity contribution is -0.122. The van der Waals surface area contributed by atoms with Gasteiger partial charge >= 0.3 is 0 Å². The fourth-order valence-electron chi connectivity index (χ4n) is 2.78. The zero-order valence-corrected chi connectivity index (χ0v) is 11.5. The van der Waals surface area contributed by atoms with E-state index in [1.807, 2.05) is 0 Å². The molecule has 0 spiro atoms. The highest BCUT2D eigenvalue weighted by Gasteiger charge is 2.26. The van der Waals surface area contributed by atoms with Gasteiger partial charge in [0.05, 0.1) is 11.5 Å². The van der Waals surface area contributed by atoms with Crippen molar-refractivity contribution in [3.8, 4) is 0 Å². The summed E-state index contributed by atoms with van der Waals surface area (Å²) in [5, 5.41) is 6.16. The van der Waals surface area contributed by atoms with Crippen LogP contribution in [0.4, 0.5) is 0 Å². The lowest BCUT2D eigenvalue weighted by Gasteiger charge is -2.26. The minimum Gasteiger partial charge on any atom is -0.352 e. The molecule has 104 valence electrons. The van der Waals surface area contributed by atoms with Gasteiger partial charge in [-0.1, -0.05) is 0 Å². The summed E-state index contributed by atoms with van der Waals surface area (Å²) >= 11 is 0. The van der Waals surface area contributed by atoms with Crippen LogP contribution in [0.3, 0.4) is 0 Å². The average molecular weight is 274 g/mol. The molecule has 6 heteroatoms. The third-order valence-corrected chi connectivity index (χ3v) is 5.52. The van der Waals surface area contributed by atoms with Crippen LogP contribution in [0.25, 0.3) is 0 Å². The first kappa shape index (κ1) is 13.8. The van der Waals surface area contributed by atoms with Crippen molar-refractivity contribution in [2.45, 2.75) is 38.1 Å². The first-order chi connectivity index (χ1) is 8.55. The Morgan fingerprint density at radius 1 is 1.28 bits per heavy atom. The van der Waals surface area contributed by atoms with Crippen LogP contribution < -0.4 is 10.6 Å². The Labute approximate surface area is 109 Å². The predicted octanol–water partition coefficient (Wildman–Crippen LogP) is 0.0695. The molecule has 2 aliphatic rings. The number of hydrogen-bond acceptors (Lipinski definition) is 4. The summed E-state index contributed by atoms with van der Waals surface area (Å²) in [7, 11) is -2.94. The maximum atomic E-state index is 11.9. The molecular formula is C12H22N2O3S. The van der Waals surface area contributed by atoms with Gasteiger partial charge in [-0.25, -0.2) is 8.42 Å². The summed E-state index contributed by atoms with van der Waals surface area (Å²) in [4.78, 5) is 11.9. The van der Waals surface area contributed by atoms with Gasteiger partial charge in [-0.15, -0.1) is 0 Å². The van der Waals surface area contributed by atoms with E-state index in [0.717, 1.165) is 32.4 Å². The van der Waals surface area contributed by atoms with Gasteiger partial charge in [0.15, 0.2) is 9.84 Å². The Balaban J connectivity index is 1.76. The van der Waals surface area contributed by atoms with Crippen molar-refractivity contribution in [3.05, 3.63) is 0 Å². The third-order valence-electron chi connectivity index (χ3n) is 3.70. The SMILES string of the molecule is O=C(CC1CCCNC1)NC1CCCS(=O)(=O)C1. The molecule has 2 unspecified atom stereocenters. The van der Waals surface area contributed by atoms with Crippen LogP contribution in [-0.2, 0) is 14.6 Å². The number of amides is 1. The summed E-state index contributed by atoms with van der Waals surface area (Å²) in [6, 6.07) is -0.173. The van der Waals surface area contributed by atoms with Crippen LogP contribution in [0.15, 0.2) is 0 Å². The average Bonchev–Trinajstić information content (AvgIpc) is 2.28. The van der Waals surface area contributed by atoms with E-state index in [0.29, 0.717) is 18.8 Å². The lowest BCUT2D eigenvalue weighted by atomic mass is 9.96. The minimum atomic E-state index is -2.94. The summed E-state index contributed by atoms with van der Waals surface area (Å²) in [5.41, 5.74) is 0. The zero-order valence-electron chi connectivity index (χ0n) is 10.7. The lowest BCUT2D eigenvalue weighted by Crippen LogP contribution is -2.44. The fraction of sp³-hybridized carbons (Fsp3) is 0.917. The molecule has 5 nitrogen and oxygen atoms in total. The Morgan fingerprint density at radius 2 is 2.11 bits per heavy atom. The summed E-state index contributed by atoms with van der Waals surface area (Å²) in [6.45, 7) is 1.94. The molecule has 2 rings (SSSR count). The minimum absolute atomic E-state index is 0.00537. The Hall–Kier alpha value is -0.620. The van der Waals surface area contributed by atoms with E-state index in [9.17, 15) is 13.2 Å². The molecule has 2 aliphatic heterocycles. The van der Waals surface area contributed by atoms with Gasteiger partial charge < -0.3 is 10.6 Å². The zero-order chi connectivity index (χ0) is 13.0. The Kier molecular flexibility index (Phi) is 4.61. The van der Waals surface area contributed by atoms with E-state index in [1.165, 1.54) is 0 Å². The van der Waals surface area contributed by atoms with Crippen molar-refractivity contribution >= 4 is 15.7 Å². The largest absolute Gasteiger partial charge is 0.352 e. The van der Waals surface area contributed by atoms with Crippen molar-refractivity contribution < 1.29 is 13.2 Å². The number of carbonyl (C=O) groups excluding carboxylic acids is 1. The second-order valence-corrected chi connectivity index (χ2v) is 7.67. The summed E-state index contributed by atoms with van der Waals surface area (Å²) in [5.74, 6) is 0.790. The molecule has 0 saturated carbocycles. The Morgan fingerprint density at radius 3 is 2.78 bits per heavy atom. The maximum absolute atomic E-state index is 11.9. The van der Waals surface area contributed by atoms with Crippen LogP contribution in [0.5, 0.6) is 0 Å². The predicted molar refractivity (Wildman–Crippen MR) is 70.0 cm³/mol. The molecule has 0 aromatic heterocycles. The number of piperidine rings is 1. The second kappa shape index (κ2) is 6.02. The van der Waals surface area contributed by atoms with E-state index in [1.54, 1.807) is 0 Å². The van der Waals surface area contributed by atoms with Gasteiger partial charge in [0.1, 0.15) is 0 Å². The standard InChI is InChI=1S/C12H22N2O3S/c15-12(7-10-3-1-5-13-8-10)14-11-4-2-6-18(16,17)9-11/h10-11,13H,1-9H2,(H,14,15). The Bertz CT molecular complexity index is 388. The smallest absolute Gasteiger partial charge is 0.220 e. The first-order valence-corrected chi connectivity index (χ1v) is 8.58. The van der Waals surface area contributed by atoms with Gasteiger partial charge in [0.2, 0.25) is 5.91 Å². The molecular weight excluding hydrogens is 252 g/mol. The molecule has 2 fully saturated rings. The van der Waals surface area contributed by atoms with E-state index in [2.05, 4.69) is 10.6 Å². The quantitative estimate of drug-likeness (QED) is 0.763. The highest BCUT2D eigenvalue weighted by Crippen LogP contribution is 2.15. The van der Waals surface area contributed by atoms with E-state index >= 15 is 0 Å². The summed E-state index contributed by atoms with van der Waals surface area (Å²) < 4.78 is 22.9. The monoisotopic (exact) mass is 274 g/mol. The molecule has 0 aromatic rings. The van der Waals surface area contributed by atoms with Gasteiger partial charge in [-0.3, -0.25) is 4.79 Å². The van der Waals surface area contributed by atoms with Crippen LogP contribution in [0.2, 0.25) is 0 Å². The number of rotatable bonds is 3. The van der Waals surface area contributed by atoms with Gasteiger partial charge in [0.25, 0.3) is 0 Å². The third kappa shape index (κ3) is 4.24. The normalized spacial score (nSPS) is 31.8. The maximum Gasteiger partial charge on any atom is 0.220 e. The molecule has 0 aromatic carbocycles. The van der Waals surface area contributed by atoms with Crippen molar-refractivity contribution in [3.63, 3.8) is 0 Å². The number of sulfone groups is 1. The molecule has 2 saturated heterocycles. The summed E-state index contributed by atoms with van der Waals surface area (Å²) in [6.07, 6.45) is 4.18. The van der Waals surface area contributed by atoms with Crippen molar-refractivity contribution in [2.75, 3.05) is 24.6 Å². The molecule has 1 amide bonds. The van der Waals surface area contributed by atoms with Gasteiger partial charge in [-0.2, -0.15) is 0 Å². The van der Waals surface area contributed by atoms with Crippen molar-refractivity contribution in [1.82, 2.24) is 10.6 Å². The van der Waals surface area contributed by atoms with Crippen molar-refractivity contribution in [2.24, 2.45) is 5.92 Å². The van der Waals surface area contributed by atoms with Crippen LogP contribution >= 0.6 is 0 Å². The topological polar surface area (TPSA) is 75.3 Å². The highest BCUT2D eigenvalue weighted by molar-refractivity contribution is 7.91. The molecule has 18 heavy (non-hydrogen) atoms. The highest BCUT2D eigenvalue weighted by atomic mass is 32.2. The second-order valence-electron chi connectivity index (χ2n) is 5.44. The van der Waals surface area contributed by atoms with Crippen LogP contribution in [0.1, 0.15) is 32.1 Å². The van der Waals surface area contributed by atoms with Gasteiger partial charge in [-0.05, 0) is 44.7 Å². The molecule has 2 N–H and O–H groups in total.